The van der Waals surface area contributed by atoms with Gasteiger partial charge in [0.05, 0.1) is 0 Å². The summed E-state index contributed by atoms with van der Waals surface area (Å²) >= 11 is 11.1. The summed E-state index contributed by atoms with van der Waals surface area (Å²) in [4.78, 5) is 24.4. The number of benzene rings is 1. The number of aromatic amines is 1. The lowest BCUT2D eigenvalue weighted by Gasteiger charge is -2.17. The molecule has 2 aromatic rings. The Bertz CT molecular complexity index is 830. The van der Waals surface area contributed by atoms with E-state index in [1.165, 1.54) is 0 Å². The zero-order valence-corrected chi connectivity index (χ0v) is 16.4. The Morgan fingerprint density at radius 3 is 2.54 bits per heavy atom. The van der Waals surface area contributed by atoms with Gasteiger partial charge in [0.15, 0.2) is 10.6 Å². The molecular weight excluding hydrogens is 374 g/mol. The van der Waals surface area contributed by atoms with Crippen LogP contribution in [0.3, 0.4) is 0 Å². The molecule has 2 rings (SSSR count). The van der Waals surface area contributed by atoms with E-state index in [9.17, 15) is 9.59 Å². The summed E-state index contributed by atoms with van der Waals surface area (Å²) < 4.78 is 1.90. The van der Waals surface area contributed by atoms with Gasteiger partial charge in [-0.15, -0.1) is 0 Å². The van der Waals surface area contributed by atoms with Crippen LogP contribution in [0.4, 0.5) is 0 Å². The average Bonchev–Trinajstić information content (AvgIpc) is 2.96. The first-order chi connectivity index (χ1) is 12.3. The van der Waals surface area contributed by atoms with Crippen molar-refractivity contribution in [2.75, 3.05) is 0 Å². The van der Waals surface area contributed by atoms with Crippen LogP contribution in [-0.4, -0.2) is 38.7 Å². The first kappa shape index (κ1) is 20.1. The molecule has 0 fully saturated rings. The lowest BCUT2D eigenvalue weighted by atomic mass is 10.2. The van der Waals surface area contributed by atoms with Crippen molar-refractivity contribution in [2.45, 2.75) is 45.8 Å². The van der Waals surface area contributed by atoms with Gasteiger partial charge >= 0.3 is 0 Å². The summed E-state index contributed by atoms with van der Waals surface area (Å²) in [6.07, 6.45) is 0.820. The highest BCUT2D eigenvalue weighted by molar-refractivity contribution is 7.71. The van der Waals surface area contributed by atoms with E-state index in [0.717, 1.165) is 12.0 Å². The molecule has 0 aliphatic heterocycles. The molecule has 26 heavy (non-hydrogen) atoms. The lowest BCUT2D eigenvalue weighted by molar-refractivity contribution is -0.129. The highest BCUT2D eigenvalue weighted by Crippen LogP contribution is 2.19. The predicted octanol–water partition coefficient (Wildman–Crippen LogP) is 2.68. The second-order valence-corrected chi connectivity index (χ2v) is 6.88. The summed E-state index contributed by atoms with van der Waals surface area (Å²) in [6.45, 7) is 5.49. The Kier molecular flexibility index (Phi) is 6.93. The number of nitrogens with zero attached hydrogens (tertiary/aromatic N) is 2. The van der Waals surface area contributed by atoms with Gasteiger partial charge in [-0.05, 0) is 56.8 Å². The standard InChI is InChI=1S/C17H22ClN5O2S/c1-4-10(2)19-16(25)11(3)20-14(24)9-23-15(21-22-17(23)26)12-5-7-13(18)8-6-12/h5-8,10-11H,4,9H2,1-3H3,(H,19,25)(H,20,24)(H,22,26). The van der Waals surface area contributed by atoms with E-state index in [0.29, 0.717) is 15.6 Å². The van der Waals surface area contributed by atoms with E-state index in [4.69, 9.17) is 23.8 Å². The van der Waals surface area contributed by atoms with E-state index < -0.39 is 6.04 Å². The molecule has 0 saturated heterocycles. The van der Waals surface area contributed by atoms with E-state index in [1.807, 2.05) is 13.8 Å². The SMILES string of the molecule is CCC(C)NC(=O)C(C)NC(=O)Cn1c(-c2ccc(Cl)cc2)n[nH]c1=S. The Morgan fingerprint density at radius 2 is 1.92 bits per heavy atom. The number of rotatable bonds is 7. The van der Waals surface area contributed by atoms with E-state index in [1.54, 1.807) is 35.8 Å². The third kappa shape index (κ3) is 5.15. The van der Waals surface area contributed by atoms with Crippen molar-refractivity contribution in [1.29, 1.82) is 0 Å². The molecule has 9 heteroatoms. The maximum atomic E-state index is 12.3. The summed E-state index contributed by atoms with van der Waals surface area (Å²) in [5.74, 6) is -0.0237. The molecular formula is C17H22ClN5O2S. The van der Waals surface area contributed by atoms with Crippen LogP contribution in [-0.2, 0) is 16.1 Å². The molecule has 2 unspecified atom stereocenters. The number of nitrogens with one attached hydrogen (secondary N) is 3. The third-order valence-corrected chi connectivity index (χ3v) is 4.50. The zero-order valence-electron chi connectivity index (χ0n) is 14.9. The number of carbonyl (C=O) groups is 2. The number of H-pyrrole nitrogens is 1. The highest BCUT2D eigenvalue weighted by Gasteiger charge is 2.18. The Labute approximate surface area is 162 Å². The second kappa shape index (κ2) is 8.95. The zero-order chi connectivity index (χ0) is 19.3. The van der Waals surface area contributed by atoms with Crippen molar-refractivity contribution >= 4 is 35.6 Å². The first-order valence-corrected chi connectivity index (χ1v) is 9.11. The molecule has 3 N–H and O–H groups in total. The fourth-order valence-corrected chi connectivity index (χ4v) is 2.57. The van der Waals surface area contributed by atoms with E-state index >= 15 is 0 Å². The highest BCUT2D eigenvalue weighted by atomic mass is 35.5. The first-order valence-electron chi connectivity index (χ1n) is 8.32. The van der Waals surface area contributed by atoms with Crippen molar-refractivity contribution in [3.63, 3.8) is 0 Å². The van der Waals surface area contributed by atoms with Crippen molar-refractivity contribution in [3.05, 3.63) is 34.1 Å². The normalized spacial score (nSPS) is 13.1. The molecule has 2 amide bonds. The van der Waals surface area contributed by atoms with E-state index in [-0.39, 0.29) is 24.4 Å². The van der Waals surface area contributed by atoms with Crippen LogP contribution in [0.2, 0.25) is 5.02 Å². The quantitative estimate of drug-likeness (QED) is 0.628. The molecule has 1 heterocycles. The maximum Gasteiger partial charge on any atom is 0.242 e. The van der Waals surface area contributed by atoms with Gasteiger partial charge < -0.3 is 10.6 Å². The van der Waals surface area contributed by atoms with Gasteiger partial charge in [-0.1, -0.05) is 18.5 Å². The number of aromatic nitrogens is 3. The predicted molar refractivity (Wildman–Crippen MR) is 103 cm³/mol. The van der Waals surface area contributed by atoms with Crippen LogP contribution < -0.4 is 10.6 Å². The molecule has 0 spiro atoms. The molecule has 0 aliphatic carbocycles. The maximum absolute atomic E-state index is 12.3. The number of amides is 2. The molecule has 140 valence electrons. The van der Waals surface area contributed by atoms with Gasteiger partial charge in [0.1, 0.15) is 12.6 Å². The summed E-state index contributed by atoms with van der Waals surface area (Å²) in [5, 5.41) is 13.0. The molecule has 0 radical (unpaired) electrons. The van der Waals surface area contributed by atoms with Crippen molar-refractivity contribution in [2.24, 2.45) is 0 Å². The van der Waals surface area contributed by atoms with Gasteiger partial charge in [0, 0.05) is 16.6 Å². The average molecular weight is 396 g/mol. The van der Waals surface area contributed by atoms with Crippen LogP contribution in [0.25, 0.3) is 11.4 Å². The Morgan fingerprint density at radius 1 is 1.27 bits per heavy atom. The molecule has 2 atom stereocenters. The molecule has 7 nitrogen and oxygen atoms in total. The fourth-order valence-electron chi connectivity index (χ4n) is 2.25. The van der Waals surface area contributed by atoms with Crippen LogP contribution in [0.15, 0.2) is 24.3 Å². The summed E-state index contributed by atoms with van der Waals surface area (Å²) in [6, 6.07) is 6.48. The van der Waals surface area contributed by atoms with Gasteiger partial charge in [0.2, 0.25) is 11.8 Å². The lowest BCUT2D eigenvalue weighted by Crippen LogP contribution is -2.48. The molecule has 0 saturated carbocycles. The molecule has 1 aromatic heterocycles. The molecule has 0 bridgehead atoms. The second-order valence-electron chi connectivity index (χ2n) is 6.05. The summed E-state index contributed by atoms with van der Waals surface area (Å²) in [5.41, 5.74) is 0.775. The van der Waals surface area contributed by atoms with Gasteiger partial charge in [-0.3, -0.25) is 19.3 Å². The molecule has 1 aromatic carbocycles. The Balaban J connectivity index is 2.08. The Hall–Kier alpha value is -2.19. The monoisotopic (exact) mass is 395 g/mol. The number of carbonyl (C=O) groups excluding carboxylic acids is 2. The summed E-state index contributed by atoms with van der Waals surface area (Å²) in [7, 11) is 0. The van der Waals surface area contributed by atoms with E-state index in [2.05, 4.69) is 20.8 Å². The minimum Gasteiger partial charge on any atom is -0.352 e. The van der Waals surface area contributed by atoms with Crippen LogP contribution in [0.1, 0.15) is 27.2 Å². The van der Waals surface area contributed by atoms with Crippen molar-refractivity contribution < 1.29 is 9.59 Å². The van der Waals surface area contributed by atoms with Crippen LogP contribution in [0, 0.1) is 4.77 Å². The van der Waals surface area contributed by atoms with Crippen LogP contribution >= 0.6 is 23.8 Å². The third-order valence-electron chi connectivity index (χ3n) is 3.93. The van der Waals surface area contributed by atoms with Gasteiger partial charge in [0.25, 0.3) is 0 Å². The minimum absolute atomic E-state index is 0.0474. The minimum atomic E-state index is -0.642. The van der Waals surface area contributed by atoms with Gasteiger partial charge in [-0.25, -0.2) is 0 Å². The van der Waals surface area contributed by atoms with Crippen LogP contribution in [0.5, 0.6) is 0 Å². The fraction of sp³-hybridized carbons (Fsp3) is 0.412. The molecule has 0 aliphatic rings. The van der Waals surface area contributed by atoms with Gasteiger partial charge in [-0.2, -0.15) is 5.10 Å². The number of hydrogen-bond donors (Lipinski definition) is 3. The topological polar surface area (TPSA) is 91.8 Å². The van der Waals surface area contributed by atoms with Crippen molar-refractivity contribution in [1.82, 2.24) is 25.4 Å². The smallest absolute Gasteiger partial charge is 0.242 e. The number of halogens is 1. The van der Waals surface area contributed by atoms with Crippen molar-refractivity contribution in [3.8, 4) is 11.4 Å². The number of hydrogen-bond acceptors (Lipinski definition) is 4. The largest absolute Gasteiger partial charge is 0.352 e.